The number of aliphatic hydroxyl groups is 1. The molecule has 5 unspecified atom stereocenters. The highest BCUT2D eigenvalue weighted by Gasteiger charge is 2.52. The minimum Gasteiger partial charge on any atom is -0.393 e. The Balaban J connectivity index is 1.91. The molecule has 0 saturated heterocycles. The summed E-state index contributed by atoms with van der Waals surface area (Å²) >= 11 is 0. The fourth-order valence-electron chi connectivity index (χ4n) is 4.04. The van der Waals surface area contributed by atoms with Crippen molar-refractivity contribution in [1.29, 1.82) is 0 Å². The second-order valence-electron chi connectivity index (χ2n) is 4.72. The van der Waals surface area contributed by atoms with Crippen LogP contribution >= 0.6 is 0 Å². The third kappa shape index (κ3) is 0.703. The zero-order valence-electron chi connectivity index (χ0n) is 6.87. The minimum absolute atomic E-state index is 0.0790. The van der Waals surface area contributed by atoms with Gasteiger partial charge in [0.05, 0.1) is 6.10 Å². The molecule has 3 rings (SSSR count). The molecule has 2 bridgehead atoms. The van der Waals surface area contributed by atoms with E-state index in [1.807, 2.05) is 0 Å². The largest absolute Gasteiger partial charge is 0.393 e. The number of rotatable bonds is 0. The number of aliphatic hydroxyl groups excluding tert-OH is 1. The van der Waals surface area contributed by atoms with Crippen LogP contribution in [0.4, 0.5) is 0 Å². The van der Waals surface area contributed by atoms with Crippen LogP contribution in [0.1, 0.15) is 32.1 Å². The maximum absolute atomic E-state index is 9.72. The number of hydrogen-bond acceptors (Lipinski definition) is 1. The molecule has 62 valence electrons. The second-order valence-corrected chi connectivity index (χ2v) is 4.72. The first-order chi connectivity index (χ1) is 5.36. The molecule has 0 aromatic rings. The summed E-state index contributed by atoms with van der Waals surface area (Å²) in [7, 11) is 0. The average molecular weight is 152 g/mol. The van der Waals surface area contributed by atoms with E-state index in [-0.39, 0.29) is 6.10 Å². The van der Waals surface area contributed by atoms with Crippen molar-refractivity contribution >= 4 is 0 Å². The van der Waals surface area contributed by atoms with Gasteiger partial charge in [-0.25, -0.2) is 0 Å². The summed E-state index contributed by atoms with van der Waals surface area (Å²) in [6, 6.07) is 0. The van der Waals surface area contributed by atoms with Gasteiger partial charge < -0.3 is 5.11 Å². The zero-order chi connectivity index (χ0) is 7.42. The first kappa shape index (κ1) is 6.47. The van der Waals surface area contributed by atoms with Crippen molar-refractivity contribution in [3.63, 3.8) is 0 Å². The van der Waals surface area contributed by atoms with Gasteiger partial charge in [0.2, 0.25) is 0 Å². The fourth-order valence-corrected chi connectivity index (χ4v) is 4.04. The van der Waals surface area contributed by atoms with Crippen molar-refractivity contribution in [2.45, 2.75) is 38.2 Å². The number of hydrogen-bond donors (Lipinski definition) is 1. The van der Waals surface area contributed by atoms with E-state index < -0.39 is 0 Å². The summed E-state index contributed by atoms with van der Waals surface area (Å²) in [5.74, 6) is 3.60. The van der Waals surface area contributed by atoms with Gasteiger partial charge in [-0.1, -0.05) is 0 Å². The Kier molecular flexibility index (Phi) is 1.18. The Morgan fingerprint density at radius 2 is 1.73 bits per heavy atom. The SMILES string of the molecule is OC1CCC2C3CCC(C3)C12. The predicted molar refractivity (Wildman–Crippen MR) is 43.1 cm³/mol. The van der Waals surface area contributed by atoms with Crippen LogP contribution in [0.15, 0.2) is 0 Å². The van der Waals surface area contributed by atoms with Crippen LogP contribution in [0.25, 0.3) is 0 Å². The monoisotopic (exact) mass is 152 g/mol. The molecule has 1 nitrogen and oxygen atoms in total. The molecule has 0 heterocycles. The molecule has 0 aromatic carbocycles. The molecule has 3 aliphatic carbocycles. The summed E-state index contributed by atoms with van der Waals surface area (Å²) in [5.41, 5.74) is 0. The highest BCUT2D eigenvalue weighted by atomic mass is 16.3. The topological polar surface area (TPSA) is 20.2 Å². The molecule has 0 aromatic heterocycles. The lowest BCUT2D eigenvalue weighted by Crippen LogP contribution is -2.24. The summed E-state index contributed by atoms with van der Waals surface area (Å²) in [5, 5.41) is 9.72. The first-order valence-electron chi connectivity index (χ1n) is 5.04. The van der Waals surface area contributed by atoms with E-state index in [0.29, 0.717) is 0 Å². The summed E-state index contributed by atoms with van der Waals surface area (Å²) in [6.45, 7) is 0. The van der Waals surface area contributed by atoms with Gasteiger partial charge in [0.15, 0.2) is 0 Å². The Morgan fingerprint density at radius 1 is 0.909 bits per heavy atom. The lowest BCUT2D eigenvalue weighted by Gasteiger charge is -2.26. The van der Waals surface area contributed by atoms with Gasteiger partial charge >= 0.3 is 0 Å². The molecule has 0 spiro atoms. The van der Waals surface area contributed by atoms with E-state index in [1.165, 1.54) is 25.7 Å². The van der Waals surface area contributed by atoms with Crippen molar-refractivity contribution in [2.24, 2.45) is 23.7 Å². The molecule has 3 saturated carbocycles. The van der Waals surface area contributed by atoms with Crippen LogP contribution in [-0.4, -0.2) is 11.2 Å². The lowest BCUT2D eigenvalue weighted by atomic mass is 9.81. The Hall–Kier alpha value is -0.0400. The van der Waals surface area contributed by atoms with E-state index in [9.17, 15) is 5.11 Å². The molecule has 1 heteroatoms. The van der Waals surface area contributed by atoms with Crippen LogP contribution in [0.3, 0.4) is 0 Å². The fraction of sp³-hybridized carbons (Fsp3) is 1.00. The third-order valence-corrected chi connectivity index (χ3v) is 4.40. The van der Waals surface area contributed by atoms with Gasteiger partial charge in [-0.05, 0) is 55.8 Å². The Morgan fingerprint density at radius 3 is 2.55 bits per heavy atom. The molecular formula is C10H16O. The lowest BCUT2D eigenvalue weighted by molar-refractivity contribution is 0.0863. The molecular weight excluding hydrogens is 136 g/mol. The highest BCUT2D eigenvalue weighted by Crippen LogP contribution is 2.58. The highest BCUT2D eigenvalue weighted by molar-refractivity contribution is 5.02. The van der Waals surface area contributed by atoms with Gasteiger partial charge in [-0.15, -0.1) is 0 Å². The molecule has 0 radical (unpaired) electrons. The van der Waals surface area contributed by atoms with E-state index in [0.717, 1.165) is 30.1 Å². The van der Waals surface area contributed by atoms with Crippen molar-refractivity contribution in [3.8, 4) is 0 Å². The van der Waals surface area contributed by atoms with Crippen molar-refractivity contribution < 1.29 is 5.11 Å². The van der Waals surface area contributed by atoms with Crippen LogP contribution < -0.4 is 0 Å². The normalized spacial score (nSPS) is 60.3. The van der Waals surface area contributed by atoms with E-state index >= 15 is 0 Å². The molecule has 11 heavy (non-hydrogen) atoms. The smallest absolute Gasteiger partial charge is 0.0573 e. The predicted octanol–water partition coefficient (Wildman–Crippen LogP) is 1.80. The standard InChI is InChI=1S/C10H16O/c11-9-4-3-8-6-1-2-7(5-6)10(8)9/h6-11H,1-5H2. The van der Waals surface area contributed by atoms with Crippen molar-refractivity contribution in [1.82, 2.24) is 0 Å². The van der Waals surface area contributed by atoms with Crippen LogP contribution in [0.5, 0.6) is 0 Å². The Labute approximate surface area is 67.8 Å². The molecule has 1 N–H and O–H groups in total. The van der Waals surface area contributed by atoms with E-state index in [1.54, 1.807) is 0 Å². The zero-order valence-corrected chi connectivity index (χ0v) is 6.87. The maximum Gasteiger partial charge on any atom is 0.0573 e. The molecule has 0 amide bonds. The van der Waals surface area contributed by atoms with Gasteiger partial charge in [-0.3, -0.25) is 0 Å². The average Bonchev–Trinajstić information content (AvgIpc) is 2.60. The summed E-state index contributed by atoms with van der Waals surface area (Å²) in [4.78, 5) is 0. The van der Waals surface area contributed by atoms with Crippen LogP contribution in [-0.2, 0) is 0 Å². The molecule has 0 aliphatic heterocycles. The second kappa shape index (κ2) is 2.01. The number of fused-ring (bicyclic) bond motifs is 5. The van der Waals surface area contributed by atoms with Gasteiger partial charge in [0, 0.05) is 0 Å². The summed E-state index contributed by atoms with van der Waals surface area (Å²) in [6.07, 6.45) is 6.85. The quantitative estimate of drug-likeness (QED) is 0.561. The van der Waals surface area contributed by atoms with Crippen LogP contribution in [0.2, 0.25) is 0 Å². The Bertz CT molecular complexity index is 178. The van der Waals surface area contributed by atoms with Gasteiger partial charge in [0.1, 0.15) is 0 Å². The minimum atomic E-state index is 0.0790. The van der Waals surface area contributed by atoms with Gasteiger partial charge in [-0.2, -0.15) is 0 Å². The molecule has 3 fully saturated rings. The molecule has 5 atom stereocenters. The maximum atomic E-state index is 9.72. The van der Waals surface area contributed by atoms with Crippen molar-refractivity contribution in [2.75, 3.05) is 0 Å². The molecule has 3 aliphatic rings. The first-order valence-corrected chi connectivity index (χ1v) is 5.04. The third-order valence-electron chi connectivity index (χ3n) is 4.40. The van der Waals surface area contributed by atoms with Crippen LogP contribution in [0, 0.1) is 23.7 Å². The summed E-state index contributed by atoms with van der Waals surface area (Å²) < 4.78 is 0. The van der Waals surface area contributed by atoms with E-state index in [4.69, 9.17) is 0 Å². The van der Waals surface area contributed by atoms with E-state index in [2.05, 4.69) is 0 Å². The van der Waals surface area contributed by atoms with Gasteiger partial charge in [0.25, 0.3) is 0 Å². The van der Waals surface area contributed by atoms with Crippen molar-refractivity contribution in [3.05, 3.63) is 0 Å².